The standard InChI is InChI=1S/C21H21FN2/c1-23-13-11-21-19(15-23)18-14-17(22)9-10-20(18)24(21)12-5-8-16-6-3-2-4-7-16/h2-10,14H,11-13,15H2,1H3. The molecular weight excluding hydrogens is 299 g/mol. The van der Waals surface area contributed by atoms with Crippen LogP contribution in [-0.2, 0) is 19.5 Å². The molecule has 122 valence electrons. The highest BCUT2D eigenvalue weighted by atomic mass is 19.1. The first-order valence-electron chi connectivity index (χ1n) is 8.42. The van der Waals surface area contributed by atoms with Crippen LogP contribution in [0.5, 0.6) is 0 Å². The van der Waals surface area contributed by atoms with Crippen molar-refractivity contribution in [3.63, 3.8) is 0 Å². The van der Waals surface area contributed by atoms with Crippen LogP contribution in [-0.4, -0.2) is 23.1 Å². The first-order valence-corrected chi connectivity index (χ1v) is 8.42. The SMILES string of the molecule is CN1CCc2c(c3cc(F)ccc3n2CC=Cc2ccccc2)C1. The number of nitrogens with zero attached hydrogens (tertiary/aromatic N) is 2. The predicted octanol–water partition coefficient (Wildman–Crippen LogP) is 4.48. The fourth-order valence-electron chi connectivity index (χ4n) is 3.62. The highest BCUT2D eigenvalue weighted by Crippen LogP contribution is 2.31. The van der Waals surface area contributed by atoms with Crippen molar-refractivity contribution < 1.29 is 4.39 Å². The zero-order valence-corrected chi connectivity index (χ0v) is 13.9. The van der Waals surface area contributed by atoms with E-state index in [1.54, 1.807) is 12.1 Å². The molecule has 0 bridgehead atoms. The molecule has 0 fully saturated rings. The average molecular weight is 320 g/mol. The Morgan fingerprint density at radius 2 is 1.96 bits per heavy atom. The van der Waals surface area contributed by atoms with Gasteiger partial charge in [-0.15, -0.1) is 0 Å². The van der Waals surface area contributed by atoms with Crippen LogP contribution in [0.25, 0.3) is 17.0 Å². The number of hydrogen-bond acceptors (Lipinski definition) is 1. The lowest BCUT2D eigenvalue weighted by Gasteiger charge is -2.24. The summed E-state index contributed by atoms with van der Waals surface area (Å²) in [4.78, 5) is 2.30. The highest BCUT2D eigenvalue weighted by Gasteiger charge is 2.22. The molecule has 0 aliphatic carbocycles. The fourth-order valence-corrected chi connectivity index (χ4v) is 3.62. The number of rotatable bonds is 3. The third-order valence-corrected chi connectivity index (χ3v) is 4.80. The number of allylic oxidation sites excluding steroid dienone is 1. The van der Waals surface area contributed by atoms with Gasteiger partial charge in [-0.3, -0.25) is 0 Å². The van der Waals surface area contributed by atoms with E-state index >= 15 is 0 Å². The smallest absolute Gasteiger partial charge is 0.123 e. The summed E-state index contributed by atoms with van der Waals surface area (Å²) in [5.74, 6) is -0.157. The van der Waals surface area contributed by atoms with E-state index in [-0.39, 0.29) is 5.82 Å². The zero-order valence-electron chi connectivity index (χ0n) is 13.9. The van der Waals surface area contributed by atoms with Crippen LogP contribution < -0.4 is 0 Å². The molecule has 0 saturated heterocycles. The van der Waals surface area contributed by atoms with Crippen molar-refractivity contribution in [3.05, 3.63) is 77.2 Å². The number of fused-ring (bicyclic) bond motifs is 3. The fraction of sp³-hybridized carbons (Fsp3) is 0.238. The van der Waals surface area contributed by atoms with Crippen molar-refractivity contribution in [2.24, 2.45) is 0 Å². The van der Waals surface area contributed by atoms with Gasteiger partial charge in [0.15, 0.2) is 0 Å². The largest absolute Gasteiger partial charge is 0.340 e. The number of likely N-dealkylation sites (N-methyl/N-ethyl adjacent to an activating group) is 1. The Hall–Kier alpha value is -2.39. The lowest BCUT2D eigenvalue weighted by Crippen LogP contribution is -2.27. The lowest BCUT2D eigenvalue weighted by atomic mass is 10.1. The molecule has 2 aromatic carbocycles. The lowest BCUT2D eigenvalue weighted by molar-refractivity contribution is 0.310. The molecule has 0 atom stereocenters. The van der Waals surface area contributed by atoms with Gasteiger partial charge in [-0.05, 0) is 36.4 Å². The van der Waals surface area contributed by atoms with E-state index in [2.05, 4.69) is 40.8 Å². The van der Waals surface area contributed by atoms with E-state index in [4.69, 9.17) is 0 Å². The summed E-state index contributed by atoms with van der Waals surface area (Å²) in [5.41, 5.74) is 4.97. The van der Waals surface area contributed by atoms with Gasteiger partial charge in [0.1, 0.15) is 5.82 Å². The average Bonchev–Trinajstić information content (AvgIpc) is 2.89. The molecule has 2 heterocycles. The number of hydrogen-bond donors (Lipinski definition) is 0. The summed E-state index contributed by atoms with van der Waals surface area (Å²) in [5, 5.41) is 1.06. The van der Waals surface area contributed by atoms with Crippen LogP contribution in [0.15, 0.2) is 54.6 Å². The topological polar surface area (TPSA) is 8.17 Å². The number of halogens is 1. The van der Waals surface area contributed by atoms with Crippen molar-refractivity contribution in [1.29, 1.82) is 0 Å². The minimum Gasteiger partial charge on any atom is -0.340 e. The monoisotopic (exact) mass is 320 g/mol. The van der Waals surface area contributed by atoms with Gasteiger partial charge in [-0.2, -0.15) is 0 Å². The minimum atomic E-state index is -0.157. The quantitative estimate of drug-likeness (QED) is 0.691. The molecule has 3 aromatic rings. The van der Waals surface area contributed by atoms with E-state index in [1.807, 2.05) is 24.3 Å². The summed E-state index contributed by atoms with van der Waals surface area (Å²) in [6.45, 7) is 2.76. The Labute approximate surface area is 141 Å². The van der Waals surface area contributed by atoms with Crippen LogP contribution in [0.3, 0.4) is 0 Å². The van der Waals surface area contributed by atoms with E-state index in [0.717, 1.165) is 37.0 Å². The molecule has 0 spiro atoms. The second kappa shape index (κ2) is 6.25. The van der Waals surface area contributed by atoms with Gasteiger partial charge < -0.3 is 9.47 Å². The van der Waals surface area contributed by atoms with Crippen LogP contribution in [0, 0.1) is 5.82 Å². The molecule has 1 aromatic heterocycles. The Morgan fingerprint density at radius 3 is 2.79 bits per heavy atom. The molecule has 2 nitrogen and oxygen atoms in total. The summed E-state index contributed by atoms with van der Waals surface area (Å²) in [6, 6.07) is 15.5. The maximum absolute atomic E-state index is 13.7. The highest BCUT2D eigenvalue weighted by molar-refractivity contribution is 5.86. The predicted molar refractivity (Wildman–Crippen MR) is 97.4 cm³/mol. The van der Waals surface area contributed by atoms with Gasteiger partial charge in [0, 0.05) is 42.7 Å². The second-order valence-electron chi connectivity index (χ2n) is 6.50. The summed E-state index contributed by atoms with van der Waals surface area (Å²) < 4.78 is 16.1. The zero-order chi connectivity index (χ0) is 16.5. The molecule has 1 aliphatic heterocycles. The van der Waals surface area contributed by atoms with E-state index in [9.17, 15) is 4.39 Å². The molecule has 0 radical (unpaired) electrons. The van der Waals surface area contributed by atoms with E-state index in [0.29, 0.717) is 0 Å². The summed E-state index contributed by atoms with van der Waals surface area (Å²) in [6.07, 6.45) is 5.36. The first-order chi connectivity index (χ1) is 11.7. The van der Waals surface area contributed by atoms with Crippen LogP contribution in [0.2, 0.25) is 0 Å². The van der Waals surface area contributed by atoms with Gasteiger partial charge in [-0.25, -0.2) is 4.39 Å². The maximum Gasteiger partial charge on any atom is 0.123 e. The Bertz CT molecular complexity index is 893. The Kier molecular flexibility index (Phi) is 3.95. The van der Waals surface area contributed by atoms with Gasteiger partial charge in [0.05, 0.1) is 0 Å². The van der Waals surface area contributed by atoms with Crippen LogP contribution in [0.4, 0.5) is 4.39 Å². The van der Waals surface area contributed by atoms with Crippen molar-refractivity contribution >= 4 is 17.0 Å². The Morgan fingerprint density at radius 1 is 1.12 bits per heavy atom. The van der Waals surface area contributed by atoms with Crippen LogP contribution in [0.1, 0.15) is 16.8 Å². The van der Waals surface area contributed by atoms with Gasteiger partial charge in [0.25, 0.3) is 0 Å². The number of benzene rings is 2. The first kappa shape index (κ1) is 15.2. The third-order valence-electron chi connectivity index (χ3n) is 4.80. The second-order valence-corrected chi connectivity index (χ2v) is 6.50. The number of aromatic nitrogens is 1. The van der Waals surface area contributed by atoms with Gasteiger partial charge in [-0.1, -0.05) is 42.5 Å². The molecular formula is C21H21FN2. The molecule has 0 saturated carbocycles. The van der Waals surface area contributed by atoms with Crippen molar-refractivity contribution in [2.45, 2.75) is 19.5 Å². The van der Waals surface area contributed by atoms with E-state index in [1.165, 1.54) is 16.8 Å². The van der Waals surface area contributed by atoms with E-state index < -0.39 is 0 Å². The molecule has 0 amide bonds. The molecule has 4 rings (SSSR count). The summed E-state index contributed by atoms with van der Waals surface area (Å²) >= 11 is 0. The van der Waals surface area contributed by atoms with Crippen LogP contribution >= 0.6 is 0 Å². The molecule has 24 heavy (non-hydrogen) atoms. The normalized spacial score (nSPS) is 15.2. The minimum absolute atomic E-state index is 0.157. The maximum atomic E-state index is 13.7. The summed E-state index contributed by atoms with van der Waals surface area (Å²) in [7, 11) is 2.13. The van der Waals surface area contributed by atoms with Crippen molar-refractivity contribution in [1.82, 2.24) is 9.47 Å². The molecule has 0 N–H and O–H groups in total. The third kappa shape index (κ3) is 2.76. The van der Waals surface area contributed by atoms with Gasteiger partial charge >= 0.3 is 0 Å². The Balaban J connectivity index is 1.73. The van der Waals surface area contributed by atoms with Crippen molar-refractivity contribution in [2.75, 3.05) is 13.6 Å². The molecule has 3 heteroatoms. The molecule has 1 aliphatic rings. The van der Waals surface area contributed by atoms with Gasteiger partial charge in [0.2, 0.25) is 0 Å². The molecule has 0 unspecified atom stereocenters. The van der Waals surface area contributed by atoms with Crippen molar-refractivity contribution in [3.8, 4) is 0 Å².